The van der Waals surface area contributed by atoms with Gasteiger partial charge in [-0.05, 0) is 42.7 Å². The molecule has 0 saturated heterocycles. The molecule has 0 spiro atoms. The predicted octanol–water partition coefficient (Wildman–Crippen LogP) is 5.11. The van der Waals surface area contributed by atoms with Crippen molar-refractivity contribution < 1.29 is 37.0 Å². The molecule has 4 aromatic rings. The van der Waals surface area contributed by atoms with Crippen LogP contribution < -0.4 is 21.3 Å². The number of nitrogen functional groups attached to an aromatic ring is 1. The van der Waals surface area contributed by atoms with Crippen molar-refractivity contribution in [1.82, 2.24) is 4.57 Å². The zero-order valence-electron chi connectivity index (χ0n) is 22.0. The van der Waals surface area contributed by atoms with E-state index in [1.165, 1.54) is 0 Å². The molecule has 0 amide bonds. The first-order valence-corrected chi connectivity index (χ1v) is 12.7. The highest BCUT2D eigenvalue weighted by molar-refractivity contribution is 6.11. The van der Waals surface area contributed by atoms with Crippen molar-refractivity contribution in [3.05, 3.63) is 117 Å². The van der Waals surface area contributed by atoms with E-state index in [1.54, 1.807) is 12.1 Å². The summed E-state index contributed by atoms with van der Waals surface area (Å²) in [7, 11) is 0. The number of para-hydroxylation sites is 1. The lowest BCUT2D eigenvalue weighted by Gasteiger charge is -2.16. The third kappa shape index (κ3) is 6.77. The average Bonchev–Trinajstić information content (AvgIpc) is 2.93. The van der Waals surface area contributed by atoms with Gasteiger partial charge in [-0.2, -0.15) is 0 Å². The van der Waals surface area contributed by atoms with Crippen molar-refractivity contribution in [1.29, 1.82) is 0 Å². The molecule has 0 aliphatic rings. The molecule has 0 aliphatic heterocycles. The lowest BCUT2D eigenvalue weighted by molar-refractivity contribution is -0.136. The van der Waals surface area contributed by atoms with Gasteiger partial charge in [-0.15, -0.1) is 0 Å². The number of carboxylic acids is 1. The summed E-state index contributed by atoms with van der Waals surface area (Å²) in [6, 6.07) is 13.0. The van der Waals surface area contributed by atoms with Gasteiger partial charge in [0.25, 0.3) is 5.56 Å². The third-order valence-electron chi connectivity index (χ3n) is 6.30. The zero-order chi connectivity index (χ0) is 30.4. The number of carbonyl (C=O) groups is 2. The zero-order valence-corrected chi connectivity index (χ0v) is 22.0. The summed E-state index contributed by atoms with van der Waals surface area (Å²) in [6.07, 6.45) is 0.766. The van der Waals surface area contributed by atoms with Gasteiger partial charge in [0.1, 0.15) is 28.9 Å². The second-order valence-electron chi connectivity index (χ2n) is 9.17. The van der Waals surface area contributed by atoms with Crippen molar-refractivity contribution in [2.45, 2.75) is 19.3 Å². The third-order valence-corrected chi connectivity index (χ3v) is 6.30. The molecule has 4 rings (SSSR count). The highest BCUT2D eigenvalue weighted by atomic mass is 19.1. The first kappa shape index (κ1) is 29.8. The van der Waals surface area contributed by atoms with Crippen LogP contribution >= 0.6 is 0 Å². The largest absolute Gasteiger partial charge is 0.493 e. The Labute approximate surface area is 237 Å². The number of aryl methyl sites for hydroxylation is 1. The summed E-state index contributed by atoms with van der Waals surface area (Å²) in [5.74, 6) is -7.23. The monoisotopic (exact) mass is 583 g/mol. The minimum atomic E-state index is -1.21. The van der Waals surface area contributed by atoms with Gasteiger partial charge in [-0.25, -0.2) is 17.6 Å². The van der Waals surface area contributed by atoms with E-state index in [-0.39, 0.29) is 18.8 Å². The van der Waals surface area contributed by atoms with E-state index in [0.717, 1.165) is 47.6 Å². The van der Waals surface area contributed by atoms with Crippen LogP contribution in [0.25, 0.3) is 5.69 Å². The fourth-order valence-corrected chi connectivity index (χ4v) is 4.27. The fraction of sp³-hybridized carbons (Fsp3) is 0.167. The quantitative estimate of drug-likeness (QED) is 0.120. The molecule has 3 aromatic carbocycles. The van der Waals surface area contributed by atoms with Crippen LogP contribution in [0.2, 0.25) is 0 Å². The average molecular weight is 584 g/mol. The Kier molecular flexibility index (Phi) is 9.25. The van der Waals surface area contributed by atoms with Gasteiger partial charge in [-0.3, -0.25) is 19.0 Å². The molecule has 0 bridgehead atoms. The Hall–Kier alpha value is -5.13. The molecule has 4 N–H and O–H groups in total. The summed E-state index contributed by atoms with van der Waals surface area (Å²) in [5.41, 5.74) is 4.79. The highest BCUT2D eigenvalue weighted by Gasteiger charge is 2.23. The van der Waals surface area contributed by atoms with Gasteiger partial charge in [0.2, 0.25) is 0 Å². The lowest BCUT2D eigenvalue weighted by Crippen LogP contribution is -2.25. The number of aliphatic carboxylic acids is 1. The summed E-state index contributed by atoms with van der Waals surface area (Å²) < 4.78 is 63.6. The number of halogens is 4. The first-order chi connectivity index (χ1) is 20.1. The maximum atomic E-state index is 15.1. The number of ether oxygens (including phenoxy) is 1. The molecule has 0 aliphatic carbocycles. The Bertz CT molecular complexity index is 1680. The molecule has 8 nitrogen and oxygen atoms in total. The molecular weight excluding hydrogens is 558 g/mol. The number of nitrogens with two attached hydrogens (primary N) is 1. The Morgan fingerprint density at radius 2 is 1.60 bits per heavy atom. The Morgan fingerprint density at radius 3 is 2.29 bits per heavy atom. The topological polar surface area (TPSA) is 124 Å². The van der Waals surface area contributed by atoms with Crippen LogP contribution in [0.1, 0.15) is 34.3 Å². The first-order valence-electron chi connectivity index (χ1n) is 12.7. The number of anilines is 2. The lowest BCUT2D eigenvalue weighted by atomic mass is 10.0. The minimum Gasteiger partial charge on any atom is -0.493 e. The molecule has 0 saturated carbocycles. The van der Waals surface area contributed by atoms with E-state index in [9.17, 15) is 23.2 Å². The molecule has 0 fully saturated rings. The summed E-state index contributed by atoms with van der Waals surface area (Å²) >= 11 is 0. The van der Waals surface area contributed by atoms with Gasteiger partial charge in [0.05, 0.1) is 17.7 Å². The number of nitrogens with one attached hydrogen (secondary N) is 1. The van der Waals surface area contributed by atoms with Crippen LogP contribution in [-0.2, 0) is 11.2 Å². The second-order valence-corrected chi connectivity index (χ2v) is 9.17. The standard InChI is InChI=1S/C30H25F4N3O5/c31-18-7-8-20(22(32)14-18)29(41)21-9-10-26(38)37(30(21)35)28-23(33)15-19(16-24(28)34)42-13-3-12-36-25-5-2-1-4-17(25)6-11-27(39)40/h1-2,4-5,7-10,14-16,36H,3,6,11-13,35H2,(H,39,40). The number of carboxylic acid groups (broad SMARTS) is 1. The van der Waals surface area contributed by atoms with Gasteiger partial charge in [-0.1, -0.05) is 18.2 Å². The van der Waals surface area contributed by atoms with Crippen molar-refractivity contribution in [2.24, 2.45) is 0 Å². The Morgan fingerprint density at radius 1 is 0.905 bits per heavy atom. The van der Waals surface area contributed by atoms with Gasteiger partial charge < -0.3 is 20.9 Å². The molecule has 0 atom stereocenters. The van der Waals surface area contributed by atoms with Crippen LogP contribution in [0.15, 0.2) is 71.5 Å². The molecule has 218 valence electrons. The van der Waals surface area contributed by atoms with Gasteiger partial charge in [0, 0.05) is 42.9 Å². The van der Waals surface area contributed by atoms with Crippen molar-refractivity contribution in [3.8, 4) is 11.4 Å². The van der Waals surface area contributed by atoms with Gasteiger partial charge >= 0.3 is 5.97 Å². The molecule has 1 aromatic heterocycles. The number of benzene rings is 3. The van der Waals surface area contributed by atoms with E-state index in [1.807, 2.05) is 12.1 Å². The highest BCUT2D eigenvalue weighted by Crippen LogP contribution is 2.27. The maximum Gasteiger partial charge on any atom is 0.303 e. The van der Waals surface area contributed by atoms with E-state index < -0.39 is 63.2 Å². The number of pyridine rings is 1. The predicted molar refractivity (Wildman–Crippen MR) is 147 cm³/mol. The number of nitrogens with zero attached hydrogens (tertiary/aromatic N) is 1. The van der Waals surface area contributed by atoms with E-state index in [0.29, 0.717) is 30.0 Å². The molecule has 12 heteroatoms. The maximum absolute atomic E-state index is 15.1. The van der Waals surface area contributed by atoms with Crippen LogP contribution in [0.3, 0.4) is 0 Å². The number of rotatable bonds is 12. The molecule has 42 heavy (non-hydrogen) atoms. The van der Waals surface area contributed by atoms with Crippen molar-refractivity contribution in [3.63, 3.8) is 0 Å². The fourth-order valence-electron chi connectivity index (χ4n) is 4.27. The number of hydrogen-bond acceptors (Lipinski definition) is 6. The van der Waals surface area contributed by atoms with Gasteiger partial charge in [0.15, 0.2) is 17.4 Å². The second kappa shape index (κ2) is 13.0. The van der Waals surface area contributed by atoms with Crippen LogP contribution in [-0.4, -0.2) is 34.6 Å². The minimum absolute atomic E-state index is 0.0138. The van der Waals surface area contributed by atoms with E-state index in [2.05, 4.69) is 5.32 Å². The van der Waals surface area contributed by atoms with Crippen molar-refractivity contribution in [2.75, 3.05) is 24.2 Å². The normalized spacial score (nSPS) is 10.9. The smallest absolute Gasteiger partial charge is 0.303 e. The molecular formula is C30H25F4N3O5. The van der Waals surface area contributed by atoms with E-state index >= 15 is 8.78 Å². The summed E-state index contributed by atoms with van der Waals surface area (Å²) in [6.45, 7) is 0.492. The number of aromatic nitrogens is 1. The SMILES string of the molecule is Nc1c(C(=O)c2ccc(F)cc2F)ccc(=O)n1-c1c(F)cc(OCCCNc2ccccc2CCC(=O)O)cc1F. The number of hydrogen-bond donors (Lipinski definition) is 3. The van der Waals surface area contributed by atoms with Crippen molar-refractivity contribution >= 4 is 23.3 Å². The number of ketones is 1. The summed E-state index contributed by atoms with van der Waals surface area (Å²) in [5, 5.41) is 12.1. The Balaban J connectivity index is 1.47. The van der Waals surface area contributed by atoms with Crippen LogP contribution in [0.4, 0.5) is 29.1 Å². The molecule has 0 unspecified atom stereocenters. The van der Waals surface area contributed by atoms with Crippen LogP contribution in [0, 0.1) is 23.3 Å². The van der Waals surface area contributed by atoms with Crippen LogP contribution in [0.5, 0.6) is 5.75 Å². The molecule has 1 heterocycles. The van der Waals surface area contributed by atoms with E-state index in [4.69, 9.17) is 15.6 Å². The number of carbonyl (C=O) groups excluding carboxylic acids is 1. The summed E-state index contributed by atoms with van der Waals surface area (Å²) in [4.78, 5) is 36.3. The molecule has 0 radical (unpaired) electrons.